The van der Waals surface area contributed by atoms with E-state index in [9.17, 15) is 5.11 Å². The standard InChI is InChI=1S/C27H30N4O2/c1-18-13-23(32)25-24(18)26(30-17-29-25)31-16-27(9-11-28-12-10-27)21-14-20(7-8-22(21)31)33-15-19-5-3-2-4-6-19/h2-8,14,17-18,23,28,32H,9-13,15-16H2,1H3/t18-,23-/m1/s1. The van der Waals surface area contributed by atoms with Crippen LogP contribution in [0.25, 0.3) is 0 Å². The summed E-state index contributed by atoms with van der Waals surface area (Å²) in [4.78, 5) is 11.6. The summed E-state index contributed by atoms with van der Waals surface area (Å²) in [6, 6.07) is 16.8. The first-order valence-corrected chi connectivity index (χ1v) is 12.0. The van der Waals surface area contributed by atoms with Crippen molar-refractivity contribution in [3.05, 3.63) is 77.2 Å². The van der Waals surface area contributed by atoms with Crippen LogP contribution in [0.4, 0.5) is 11.5 Å². The van der Waals surface area contributed by atoms with Gasteiger partial charge in [-0.25, -0.2) is 9.97 Å². The van der Waals surface area contributed by atoms with E-state index in [0.717, 1.165) is 55.3 Å². The van der Waals surface area contributed by atoms with E-state index in [4.69, 9.17) is 9.72 Å². The van der Waals surface area contributed by atoms with Crippen molar-refractivity contribution < 1.29 is 9.84 Å². The molecule has 3 heterocycles. The molecule has 2 aromatic carbocycles. The van der Waals surface area contributed by atoms with Gasteiger partial charge >= 0.3 is 0 Å². The van der Waals surface area contributed by atoms with Gasteiger partial charge in [-0.15, -0.1) is 0 Å². The highest BCUT2D eigenvalue weighted by molar-refractivity contribution is 5.74. The van der Waals surface area contributed by atoms with Crippen LogP contribution in [0.2, 0.25) is 0 Å². The molecule has 1 aliphatic carbocycles. The van der Waals surface area contributed by atoms with Crippen molar-refractivity contribution in [1.82, 2.24) is 15.3 Å². The Kier molecular flexibility index (Phi) is 5.07. The lowest BCUT2D eigenvalue weighted by Crippen LogP contribution is -2.42. The van der Waals surface area contributed by atoms with Gasteiger partial charge in [0.2, 0.25) is 0 Å². The third kappa shape index (κ3) is 3.49. The zero-order valence-electron chi connectivity index (χ0n) is 19.0. The van der Waals surface area contributed by atoms with Crippen molar-refractivity contribution >= 4 is 11.5 Å². The average molecular weight is 443 g/mol. The van der Waals surface area contributed by atoms with Gasteiger partial charge in [-0.2, -0.15) is 0 Å². The quantitative estimate of drug-likeness (QED) is 0.625. The van der Waals surface area contributed by atoms with Gasteiger partial charge in [-0.1, -0.05) is 37.3 Å². The Morgan fingerprint density at radius 2 is 1.94 bits per heavy atom. The Balaban J connectivity index is 1.39. The van der Waals surface area contributed by atoms with Crippen LogP contribution in [0.3, 0.4) is 0 Å². The predicted octanol–water partition coefficient (Wildman–Crippen LogP) is 4.37. The molecule has 0 unspecified atom stereocenters. The van der Waals surface area contributed by atoms with Gasteiger partial charge in [0.05, 0.1) is 11.8 Å². The molecule has 170 valence electrons. The van der Waals surface area contributed by atoms with E-state index >= 15 is 0 Å². The maximum absolute atomic E-state index is 10.5. The van der Waals surface area contributed by atoms with Crippen molar-refractivity contribution in [2.45, 2.75) is 50.2 Å². The number of hydrogen-bond acceptors (Lipinski definition) is 6. The summed E-state index contributed by atoms with van der Waals surface area (Å²) in [7, 11) is 0. The summed E-state index contributed by atoms with van der Waals surface area (Å²) in [5, 5.41) is 14.0. The highest BCUT2D eigenvalue weighted by Crippen LogP contribution is 2.52. The van der Waals surface area contributed by atoms with Crippen molar-refractivity contribution in [2.75, 3.05) is 24.5 Å². The number of fused-ring (bicyclic) bond motifs is 3. The minimum absolute atomic E-state index is 0.0744. The Bertz CT molecular complexity index is 1160. The van der Waals surface area contributed by atoms with E-state index in [0.29, 0.717) is 13.0 Å². The largest absolute Gasteiger partial charge is 0.489 e. The number of piperidine rings is 1. The second-order valence-electron chi connectivity index (χ2n) is 9.72. The molecule has 2 atom stereocenters. The lowest BCUT2D eigenvalue weighted by Gasteiger charge is -2.35. The molecule has 1 spiro atoms. The van der Waals surface area contributed by atoms with Crippen molar-refractivity contribution in [3.63, 3.8) is 0 Å². The van der Waals surface area contributed by atoms with E-state index in [1.807, 2.05) is 18.2 Å². The molecule has 1 aromatic heterocycles. The molecular weight excluding hydrogens is 412 g/mol. The van der Waals surface area contributed by atoms with Crippen LogP contribution in [-0.2, 0) is 12.0 Å². The fourth-order valence-electron chi connectivity index (χ4n) is 5.92. The average Bonchev–Trinajstić information content (AvgIpc) is 3.32. The van der Waals surface area contributed by atoms with Crippen LogP contribution in [0.15, 0.2) is 54.9 Å². The fourth-order valence-corrected chi connectivity index (χ4v) is 5.92. The number of rotatable bonds is 4. The molecule has 3 aromatic rings. The summed E-state index contributed by atoms with van der Waals surface area (Å²) in [5.41, 5.74) is 5.70. The van der Waals surface area contributed by atoms with E-state index < -0.39 is 6.10 Å². The van der Waals surface area contributed by atoms with E-state index in [2.05, 4.69) is 52.5 Å². The normalized spacial score (nSPS) is 22.9. The van der Waals surface area contributed by atoms with Gasteiger partial charge in [-0.3, -0.25) is 0 Å². The molecule has 6 nitrogen and oxygen atoms in total. The van der Waals surface area contributed by atoms with E-state index in [1.165, 1.54) is 16.8 Å². The van der Waals surface area contributed by atoms with Gasteiger partial charge in [0, 0.05) is 23.2 Å². The Morgan fingerprint density at radius 1 is 1.12 bits per heavy atom. The summed E-state index contributed by atoms with van der Waals surface area (Å²) < 4.78 is 6.20. The van der Waals surface area contributed by atoms with Gasteiger partial charge in [-0.05, 0) is 67.6 Å². The van der Waals surface area contributed by atoms with Crippen molar-refractivity contribution in [3.8, 4) is 5.75 Å². The van der Waals surface area contributed by atoms with E-state index in [1.54, 1.807) is 6.33 Å². The molecule has 6 heteroatoms. The maximum atomic E-state index is 10.5. The summed E-state index contributed by atoms with van der Waals surface area (Å²) in [5.74, 6) is 2.11. The van der Waals surface area contributed by atoms with Crippen LogP contribution in [-0.4, -0.2) is 34.7 Å². The number of benzene rings is 2. The smallest absolute Gasteiger partial charge is 0.140 e. The molecule has 0 radical (unpaired) electrons. The molecule has 1 fully saturated rings. The molecule has 33 heavy (non-hydrogen) atoms. The van der Waals surface area contributed by atoms with Gasteiger partial charge < -0.3 is 20.1 Å². The highest BCUT2D eigenvalue weighted by Gasteiger charge is 2.46. The number of ether oxygens (including phenoxy) is 1. The molecule has 0 saturated carbocycles. The third-order valence-corrected chi connectivity index (χ3v) is 7.63. The molecule has 0 amide bonds. The zero-order valence-corrected chi connectivity index (χ0v) is 19.0. The molecule has 2 N–H and O–H groups in total. The number of aromatic nitrogens is 2. The Hall–Kier alpha value is -2.96. The lowest BCUT2D eigenvalue weighted by atomic mass is 9.75. The van der Waals surface area contributed by atoms with Gasteiger partial charge in [0.1, 0.15) is 24.5 Å². The molecule has 0 bridgehead atoms. The topological polar surface area (TPSA) is 70.5 Å². The van der Waals surface area contributed by atoms with Crippen LogP contribution in [0.5, 0.6) is 5.75 Å². The van der Waals surface area contributed by atoms with Gasteiger partial charge in [0.15, 0.2) is 0 Å². The second-order valence-corrected chi connectivity index (χ2v) is 9.72. The number of aliphatic hydroxyl groups is 1. The zero-order chi connectivity index (χ0) is 22.4. The highest BCUT2D eigenvalue weighted by atomic mass is 16.5. The first-order chi connectivity index (χ1) is 16.1. The fraction of sp³-hybridized carbons (Fsp3) is 0.407. The number of hydrogen-bond donors (Lipinski definition) is 2. The Morgan fingerprint density at radius 3 is 2.76 bits per heavy atom. The van der Waals surface area contributed by atoms with Crippen LogP contribution in [0.1, 0.15) is 60.6 Å². The number of aliphatic hydroxyl groups excluding tert-OH is 1. The van der Waals surface area contributed by atoms with Crippen LogP contribution >= 0.6 is 0 Å². The monoisotopic (exact) mass is 442 g/mol. The summed E-state index contributed by atoms with van der Waals surface area (Å²) >= 11 is 0. The Labute approximate surface area is 194 Å². The minimum atomic E-state index is -0.500. The van der Waals surface area contributed by atoms with Crippen LogP contribution in [0, 0.1) is 0 Å². The number of anilines is 2. The predicted molar refractivity (Wildman–Crippen MR) is 128 cm³/mol. The molecule has 6 rings (SSSR count). The van der Waals surface area contributed by atoms with Gasteiger partial charge in [0.25, 0.3) is 0 Å². The minimum Gasteiger partial charge on any atom is -0.489 e. The molecule has 1 saturated heterocycles. The third-order valence-electron chi connectivity index (χ3n) is 7.63. The van der Waals surface area contributed by atoms with Crippen molar-refractivity contribution in [2.24, 2.45) is 0 Å². The van der Waals surface area contributed by atoms with Crippen molar-refractivity contribution in [1.29, 1.82) is 0 Å². The second kappa shape index (κ2) is 8.12. The molecule has 2 aliphatic heterocycles. The SMILES string of the molecule is C[C@@H]1C[C@@H](O)c2ncnc(N3CC4(CCNCC4)c4cc(OCc5ccccc5)ccc43)c21. The number of nitrogens with one attached hydrogen (secondary N) is 1. The molecule has 3 aliphatic rings. The van der Waals surface area contributed by atoms with Crippen LogP contribution < -0.4 is 15.0 Å². The summed E-state index contributed by atoms with van der Waals surface area (Å²) in [6.07, 6.45) is 4.00. The maximum Gasteiger partial charge on any atom is 0.140 e. The summed E-state index contributed by atoms with van der Waals surface area (Å²) in [6.45, 7) is 5.66. The first kappa shape index (κ1) is 20.6. The van der Waals surface area contributed by atoms with E-state index in [-0.39, 0.29) is 11.3 Å². The lowest BCUT2D eigenvalue weighted by molar-refractivity contribution is 0.170. The first-order valence-electron chi connectivity index (χ1n) is 12.0. The number of nitrogens with zero attached hydrogens (tertiary/aromatic N) is 3. The molecular formula is C27H30N4O2.